The van der Waals surface area contributed by atoms with Crippen molar-refractivity contribution in [2.75, 3.05) is 6.16 Å². The molecule has 0 radical (unpaired) electrons. The van der Waals surface area contributed by atoms with E-state index < -0.39 is 13.4 Å². The largest absolute Gasteiger partial charge is 0.195 e. The van der Waals surface area contributed by atoms with E-state index in [0.717, 1.165) is 0 Å². The molecule has 0 atom stereocenters. The Bertz CT molecular complexity index is 1830. The lowest BCUT2D eigenvalue weighted by molar-refractivity contribution is 0.548. The monoisotopic (exact) mass is 778 g/mol. The molecule has 0 aliphatic heterocycles. The van der Waals surface area contributed by atoms with Gasteiger partial charge in [-0.25, -0.2) is 0 Å². The van der Waals surface area contributed by atoms with Crippen molar-refractivity contribution in [3.05, 3.63) is 212 Å². The Morgan fingerprint density at radius 2 is 0.500 bits per heavy atom. The predicted molar refractivity (Wildman–Crippen MR) is 261 cm³/mol. The molecule has 0 aliphatic rings. The van der Waals surface area contributed by atoms with Gasteiger partial charge in [-0.15, -0.1) is 0 Å². The second kappa shape index (κ2) is 23.4. The van der Waals surface area contributed by atoms with Crippen LogP contribution in [0.4, 0.5) is 0 Å². The normalized spacial score (nSPS) is 11.4. The van der Waals surface area contributed by atoms with Crippen LogP contribution in [-0.2, 0) is 0 Å². The SMILES string of the molecule is CCCCCCCCCCCCCC[P+](c1ccccc1)(c1ccccc1)c1ccccc1.c1ccc([B-](c2ccccc2)(c2ccccc2)c2ccccc2)cc1. The minimum absolute atomic E-state index is 1.22. The first-order chi connectivity index (χ1) is 28.8. The summed E-state index contributed by atoms with van der Waals surface area (Å²) in [6, 6.07) is 77.5. The lowest BCUT2D eigenvalue weighted by atomic mass is 9.13. The van der Waals surface area contributed by atoms with Crippen LogP contribution >= 0.6 is 7.26 Å². The van der Waals surface area contributed by atoms with Crippen LogP contribution in [0, 0.1) is 0 Å². The van der Waals surface area contributed by atoms with Crippen LogP contribution < -0.4 is 37.8 Å². The Balaban J connectivity index is 0.000000202. The predicted octanol–water partition coefficient (Wildman–Crippen LogP) is 11.7. The van der Waals surface area contributed by atoms with Gasteiger partial charge >= 0.3 is 0 Å². The van der Waals surface area contributed by atoms with Gasteiger partial charge in [0, 0.05) is 0 Å². The number of hydrogen-bond donors (Lipinski definition) is 0. The van der Waals surface area contributed by atoms with Crippen molar-refractivity contribution in [1.82, 2.24) is 0 Å². The van der Waals surface area contributed by atoms with Gasteiger partial charge in [-0.05, 0) is 49.2 Å². The lowest BCUT2D eigenvalue weighted by Crippen LogP contribution is -2.74. The molecule has 0 aliphatic carbocycles. The number of unbranched alkanes of at least 4 members (excludes halogenated alkanes) is 11. The maximum absolute atomic E-state index is 2.37. The molecule has 0 spiro atoms. The molecular formula is C56H64BP. The molecule has 0 saturated heterocycles. The zero-order valence-electron chi connectivity index (χ0n) is 34.9. The highest BCUT2D eigenvalue weighted by atomic mass is 31.2. The van der Waals surface area contributed by atoms with E-state index in [-0.39, 0.29) is 0 Å². The number of rotatable bonds is 20. The molecule has 0 bridgehead atoms. The quantitative estimate of drug-likeness (QED) is 0.0411. The van der Waals surface area contributed by atoms with E-state index >= 15 is 0 Å². The molecule has 0 saturated carbocycles. The summed E-state index contributed by atoms with van der Waals surface area (Å²) in [6.07, 6.45) is 16.9. The summed E-state index contributed by atoms with van der Waals surface area (Å²) < 4.78 is 0. The Kier molecular flexibility index (Phi) is 17.2. The van der Waals surface area contributed by atoms with Gasteiger partial charge in [-0.3, -0.25) is 0 Å². The standard InChI is InChI=1S/C32H44P.C24H20B/c1-2-3-4-5-6-7-8-9-10-11-12-22-29-33(30-23-16-13-17-24-30,31-25-18-14-19-26-31)32-27-20-15-21-28-32;1-5-13-21(14-6-1)25(22-15-7-2-8-16-22,23-17-9-3-10-18-23)24-19-11-4-12-20-24/h13-21,23-28H,2-12,22,29H2,1H3;1-20H/q+1;-1. The summed E-state index contributed by atoms with van der Waals surface area (Å²) in [6.45, 7) is 2.30. The molecule has 0 amide bonds. The van der Waals surface area contributed by atoms with Crippen molar-refractivity contribution in [3.63, 3.8) is 0 Å². The first kappa shape index (κ1) is 42.6. The average molecular weight is 779 g/mol. The van der Waals surface area contributed by atoms with Gasteiger partial charge in [0.15, 0.2) is 0 Å². The molecule has 2 heteroatoms. The Morgan fingerprint density at radius 3 is 0.759 bits per heavy atom. The molecule has 296 valence electrons. The van der Waals surface area contributed by atoms with Crippen LogP contribution in [0.25, 0.3) is 0 Å². The van der Waals surface area contributed by atoms with Gasteiger partial charge in [0.1, 0.15) is 29.3 Å². The third kappa shape index (κ3) is 10.9. The molecule has 0 unspecified atom stereocenters. The molecule has 0 nitrogen and oxygen atoms in total. The minimum Gasteiger partial charge on any atom is -0.195 e. The van der Waals surface area contributed by atoms with Gasteiger partial charge in [0.05, 0.1) is 6.16 Å². The zero-order valence-corrected chi connectivity index (χ0v) is 35.8. The average Bonchev–Trinajstić information content (AvgIpc) is 3.31. The van der Waals surface area contributed by atoms with E-state index in [1.54, 1.807) is 0 Å². The van der Waals surface area contributed by atoms with Crippen molar-refractivity contribution in [2.24, 2.45) is 0 Å². The van der Waals surface area contributed by atoms with E-state index in [4.69, 9.17) is 0 Å². The Hall–Kier alpha value is -4.97. The maximum atomic E-state index is 2.37. The Morgan fingerprint density at radius 1 is 0.276 bits per heavy atom. The number of benzene rings is 7. The van der Waals surface area contributed by atoms with E-state index in [2.05, 4.69) is 219 Å². The van der Waals surface area contributed by atoms with Crippen LogP contribution in [0.2, 0.25) is 0 Å². The van der Waals surface area contributed by atoms with E-state index in [1.165, 1.54) is 121 Å². The molecular weight excluding hydrogens is 714 g/mol. The fourth-order valence-electron chi connectivity index (χ4n) is 9.19. The molecule has 0 heterocycles. The third-order valence-electron chi connectivity index (χ3n) is 12.1. The van der Waals surface area contributed by atoms with Crippen molar-refractivity contribution >= 4 is 51.2 Å². The summed E-state index contributed by atoms with van der Waals surface area (Å²) in [5.74, 6) is 0. The fraction of sp³-hybridized carbons (Fsp3) is 0.250. The highest BCUT2D eigenvalue weighted by Crippen LogP contribution is 2.56. The van der Waals surface area contributed by atoms with Crippen LogP contribution in [0.1, 0.15) is 84.0 Å². The summed E-state index contributed by atoms with van der Waals surface area (Å²) in [5.41, 5.74) is 5.36. The third-order valence-corrected chi connectivity index (χ3v) is 16.7. The summed E-state index contributed by atoms with van der Waals surface area (Å²) in [7, 11) is -1.63. The van der Waals surface area contributed by atoms with Crippen molar-refractivity contribution in [3.8, 4) is 0 Å². The van der Waals surface area contributed by atoms with Gasteiger partial charge < -0.3 is 0 Å². The molecule has 58 heavy (non-hydrogen) atoms. The highest BCUT2D eigenvalue weighted by molar-refractivity contribution is 7.95. The summed E-state index contributed by atoms with van der Waals surface area (Å²) in [5, 5.41) is 4.56. The first-order valence-electron chi connectivity index (χ1n) is 22.2. The molecule has 7 rings (SSSR count). The second-order valence-electron chi connectivity index (χ2n) is 15.9. The molecule has 0 N–H and O–H groups in total. The van der Waals surface area contributed by atoms with Crippen LogP contribution in [0.5, 0.6) is 0 Å². The van der Waals surface area contributed by atoms with E-state index in [0.29, 0.717) is 0 Å². The number of hydrogen-bond acceptors (Lipinski definition) is 0. The van der Waals surface area contributed by atoms with Crippen molar-refractivity contribution in [1.29, 1.82) is 0 Å². The minimum atomic E-state index is -1.63. The van der Waals surface area contributed by atoms with Gasteiger partial charge in [-0.2, -0.15) is 21.9 Å². The molecule has 0 fully saturated rings. The van der Waals surface area contributed by atoms with E-state index in [9.17, 15) is 0 Å². The van der Waals surface area contributed by atoms with Crippen molar-refractivity contribution < 1.29 is 0 Å². The van der Waals surface area contributed by atoms with Gasteiger partial charge in [0.2, 0.25) is 0 Å². The molecule has 7 aromatic carbocycles. The second-order valence-corrected chi connectivity index (χ2v) is 19.6. The van der Waals surface area contributed by atoms with E-state index in [1.807, 2.05) is 0 Å². The summed E-state index contributed by atoms with van der Waals surface area (Å²) in [4.78, 5) is 0. The van der Waals surface area contributed by atoms with Crippen LogP contribution in [0.3, 0.4) is 0 Å². The lowest BCUT2D eigenvalue weighted by Gasteiger charge is -2.44. The van der Waals surface area contributed by atoms with Crippen molar-refractivity contribution in [2.45, 2.75) is 84.0 Å². The highest BCUT2D eigenvalue weighted by Gasteiger charge is 2.44. The topological polar surface area (TPSA) is 0 Å². The molecule has 0 aromatic heterocycles. The first-order valence-corrected chi connectivity index (χ1v) is 24.2. The van der Waals surface area contributed by atoms with Gasteiger partial charge in [-0.1, -0.05) is 247 Å². The maximum Gasteiger partial charge on any atom is 0.112 e. The fourth-order valence-corrected chi connectivity index (χ4v) is 13.6. The Labute approximate surface area is 352 Å². The van der Waals surface area contributed by atoms with Gasteiger partial charge in [0.25, 0.3) is 0 Å². The zero-order chi connectivity index (χ0) is 40.0. The smallest absolute Gasteiger partial charge is 0.112 e. The van der Waals surface area contributed by atoms with Crippen LogP contribution in [0.15, 0.2) is 212 Å². The molecule has 7 aromatic rings. The van der Waals surface area contributed by atoms with Crippen LogP contribution in [-0.4, -0.2) is 12.3 Å². The summed E-state index contributed by atoms with van der Waals surface area (Å²) >= 11 is 0.